The molecular weight excluding hydrogens is 255 g/mol. The Labute approximate surface area is 108 Å². The second-order valence-electron chi connectivity index (χ2n) is 5.35. The molecule has 2 heterocycles. The number of halogens is 2. The van der Waals surface area contributed by atoms with E-state index in [1.165, 1.54) is 19.3 Å². The van der Waals surface area contributed by atoms with E-state index in [4.69, 9.17) is 11.6 Å². The minimum atomic E-state index is -0.780. The number of hydrogen-bond donors (Lipinski definition) is 0. The third kappa shape index (κ3) is 1.40. The Hall–Kier alpha value is -1.23. The van der Waals surface area contributed by atoms with E-state index in [9.17, 15) is 4.39 Å². The van der Waals surface area contributed by atoms with Crippen molar-refractivity contribution in [2.45, 2.75) is 31.7 Å². The molecule has 2 fully saturated rings. The lowest BCUT2D eigenvalue weighted by Crippen LogP contribution is -2.16. The Bertz CT molecular complexity index is 626. The van der Waals surface area contributed by atoms with E-state index in [0.29, 0.717) is 23.1 Å². The molecule has 18 heavy (non-hydrogen) atoms. The van der Waals surface area contributed by atoms with Crippen LogP contribution in [0.4, 0.5) is 4.39 Å². The van der Waals surface area contributed by atoms with Crippen LogP contribution in [0, 0.1) is 17.9 Å². The van der Waals surface area contributed by atoms with Gasteiger partial charge in [0.25, 0.3) is 0 Å². The van der Waals surface area contributed by atoms with E-state index >= 15 is 0 Å². The quantitative estimate of drug-likeness (QED) is 0.589. The van der Waals surface area contributed by atoms with Crippen molar-refractivity contribution in [3.8, 4) is 0 Å². The fraction of sp³-hybridized carbons (Fsp3) is 0.583. The van der Waals surface area contributed by atoms with Gasteiger partial charge < -0.3 is 4.57 Å². The number of fused-ring (bicyclic) bond motifs is 3. The van der Waals surface area contributed by atoms with Gasteiger partial charge in [-0.2, -0.15) is 14.4 Å². The molecule has 2 aliphatic carbocycles. The van der Waals surface area contributed by atoms with Gasteiger partial charge in [0.2, 0.25) is 0 Å². The summed E-state index contributed by atoms with van der Waals surface area (Å²) in [6.45, 7) is 0. The highest BCUT2D eigenvalue weighted by Crippen LogP contribution is 2.51. The molecule has 2 aromatic rings. The first kappa shape index (κ1) is 10.7. The monoisotopic (exact) mass is 266 g/mol. The summed E-state index contributed by atoms with van der Waals surface area (Å²) >= 11 is 5.89. The van der Waals surface area contributed by atoms with E-state index in [1.54, 1.807) is 6.33 Å². The summed E-state index contributed by atoms with van der Waals surface area (Å²) in [7, 11) is 0. The molecule has 0 unspecified atom stereocenters. The molecule has 0 radical (unpaired) electrons. The minimum Gasteiger partial charge on any atom is -0.312 e. The van der Waals surface area contributed by atoms with Crippen molar-refractivity contribution < 1.29 is 4.39 Å². The van der Waals surface area contributed by atoms with Gasteiger partial charge in [0, 0.05) is 6.04 Å². The molecular formula is C12H12ClFN4. The predicted octanol–water partition coefficient (Wildman–Crippen LogP) is 2.98. The molecule has 6 heteroatoms. The zero-order valence-corrected chi connectivity index (χ0v) is 10.4. The molecule has 0 saturated heterocycles. The van der Waals surface area contributed by atoms with Gasteiger partial charge in [-0.05, 0) is 31.1 Å². The number of rotatable bonds is 1. The summed E-state index contributed by atoms with van der Waals surface area (Å²) in [5.41, 5.74) is 1.03. The van der Waals surface area contributed by atoms with Crippen molar-refractivity contribution in [2.75, 3.05) is 0 Å². The number of hydrogen-bond acceptors (Lipinski definition) is 3. The first-order valence-electron chi connectivity index (χ1n) is 6.28. The Kier molecular flexibility index (Phi) is 2.15. The number of nitrogens with zero attached hydrogens (tertiary/aromatic N) is 4. The highest BCUT2D eigenvalue weighted by atomic mass is 35.5. The molecule has 4 rings (SSSR count). The van der Waals surface area contributed by atoms with Crippen LogP contribution < -0.4 is 0 Å². The van der Waals surface area contributed by atoms with Gasteiger partial charge in [0.1, 0.15) is 5.52 Å². The highest BCUT2D eigenvalue weighted by Gasteiger charge is 2.41. The first-order valence-corrected chi connectivity index (χ1v) is 6.65. The van der Waals surface area contributed by atoms with Crippen LogP contribution in [0.2, 0.25) is 5.15 Å². The molecule has 0 spiro atoms. The maximum Gasteiger partial charge on any atom is 0.312 e. The molecule has 2 saturated carbocycles. The molecule has 94 valence electrons. The molecule has 2 bridgehead atoms. The van der Waals surface area contributed by atoms with Crippen LogP contribution in [0.3, 0.4) is 0 Å². The van der Waals surface area contributed by atoms with E-state index < -0.39 is 6.08 Å². The Balaban J connectivity index is 1.86. The lowest BCUT2D eigenvalue weighted by atomic mass is 9.95. The minimum absolute atomic E-state index is 0.0967. The Morgan fingerprint density at radius 1 is 1.28 bits per heavy atom. The molecule has 0 aliphatic heterocycles. The average molecular weight is 267 g/mol. The normalized spacial score (nSPS) is 30.4. The topological polar surface area (TPSA) is 43.6 Å². The fourth-order valence-electron chi connectivity index (χ4n) is 3.65. The second kappa shape index (κ2) is 3.63. The number of imidazole rings is 1. The summed E-state index contributed by atoms with van der Waals surface area (Å²) in [6, 6.07) is 0.402. The third-order valence-electron chi connectivity index (χ3n) is 4.41. The molecule has 0 amide bonds. The maximum atomic E-state index is 13.3. The lowest BCUT2D eigenvalue weighted by Gasteiger charge is -2.23. The van der Waals surface area contributed by atoms with Gasteiger partial charge in [0.05, 0.1) is 6.33 Å². The van der Waals surface area contributed by atoms with Crippen LogP contribution in [-0.4, -0.2) is 19.5 Å². The second-order valence-corrected chi connectivity index (χ2v) is 5.71. The van der Waals surface area contributed by atoms with Gasteiger partial charge in [0.15, 0.2) is 10.8 Å². The zero-order chi connectivity index (χ0) is 12.3. The fourth-order valence-corrected chi connectivity index (χ4v) is 3.85. The maximum absolute atomic E-state index is 13.3. The SMILES string of the molecule is Fc1nc(Cl)c2ncn([C@@H]3C[C@H]4CC[C@@H]3C4)c2n1. The average Bonchev–Trinajstić information content (AvgIpc) is 3.00. The summed E-state index contributed by atoms with van der Waals surface area (Å²) in [5, 5.41) is 0.0967. The molecule has 3 atom stereocenters. The van der Waals surface area contributed by atoms with Crippen molar-refractivity contribution in [1.29, 1.82) is 0 Å². The van der Waals surface area contributed by atoms with E-state index in [1.807, 2.05) is 4.57 Å². The highest BCUT2D eigenvalue weighted by molar-refractivity contribution is 6.33. The van der Waals surface area contributed by atoms with Crippen LogP contribution in [0.5, 0.6) is 0 Å². The van der Waals surface area contributed by atoms with Crippen LogP contribution in [0.25, 0.3) is 11.2 Å². The zero-order valence-electron chi connectivity index (χ0n) is 9.68. The predicted molar refractivity (Wildman–Crippen MR) is 64.8 cm³/mol. The summed E-state index contributed by atoms with van der Waals surface area (Å²) < 4.78 is 15.3. The van der Waals surface area contributed by atoms with Crippen LogP contribution >= 0.6 is 11.6 Å². The standard InChI is InChI=1S/C12H12ClFN4/c13-10-9-11(17-12(14)16-10)18(5-15-9)8-4-6-1-2-7(8)3-6/h5-8H,1-4H2/t6-,7+,8+/m0/s1. The van der Waals surface area contributed by atoms with E-state index in [0.717, 1.165) is 12.3 Å². The first-order chi connectivity index (χ1) is 8.72. The van der Waals surface area contributed by atoms with Gasteiger partial charge >= 0.3 is 6.08 Å². The van der Waals surface area contributed by atoms with Crippen molar-refractivity contribution in [2.24, 2.45) is 11.8 Å². The molecule has 4 nitrogen and oxygen atoms in total. The lowest BCUT2D eigenvalue weighted by molar-refractivity contribution is 0.334. The van der Waals surface area contributed by atoms with E-state index in [-0.39, 0.29) is 5.15 Å². The van der Waals surface area contributed by atoms with Gasteiger partial charge in [-0.25, -0.2) is 4.98 Å². The van der Waals surface area contributed by atoms with Crippen molar-refractivity contribution in [3.05, 3.63) is 17.6 Å². The molecule has 2 aliphatic rings. The summed E-state index contributed by atoms with van der Waals surface area (Å²) in [6.07, 6.45) is 5.98. The molecule has 0 aromatic carbocycles. The molecule has 2 aromatic heterocycles. The van der Waals surface area contributed by atoms with Crippen LogP contribution in [0.15, 0.2) is 6.33 Å². The van der Waals surface area contributed by atoms with Gasteiger partial charge in [-0.1, -0.05) is 18.0 Å². The van der Waals surface area contributed by atoms with Crippen molar-refractivity contribution in [1.82, 2.24) is 19.5 Å². The van der Waals surface area contributed by atoms with Crippen molar-refractivity contribution >= 4 is 22.8 Å². The van der Waals surface area contributed by atoms with E-state index in [2.05, 4.69) is 15.0 Å². The Morgan fingerprint density at radius 3 is 2.89 bits per heavy atom. The smallest absolute Gasteiger partial charge is 0.312 e. The summed E-state index contributed by atoms with van der Waals surface area (Å²) in [5.74, 6) is 1.50. The van der Waals surface area contributed by atoms with Crippen LogP contribution in [0.1, 0.15) is 31.7 Å². The molecule has 0 N–H and O–H groups in total. The Morgan fingerprint density at radius 2 is 2.17 bits per heavy atom. The van der Waals surface area contributed by atoms with Crippen molar-refractivity contribution in [3.63, 3.8) is 0 Å². The van der Waals surface area contributed by atoms with Gasteiger partial charge in [-0.15, -0.1) is 0 Å². The third-order valence-corrected chi connectivity index (χ3v) is 4.67. The van der Waals surface area contributed by atoms with Crippen LogP contribution in [-0.2, 0) is 0 Å². The number of aromatic nitrogens is 4. The van der Waals surface area contributed by atoms with Gasteiger partial charge in [-0.3, -0.25) is 0 Å². The summed E-state index contributed by atoms with van der Waals surface area (Å²) in [4.78, 5) is 11.6. The largest absolute Gasteiger partial charge is 0.312 e.